The summed E-state index contributed by atoms with van der Waals surface area (Å²) in [6, 6.07) is 1.71. The Labute approximate surface area is 96.8 Å². The second-order valence-electron chi connectivity index (χ2n) is 3.17. The first-order valence-electron chi connectivity index (χ1n) is 4.41. The third kappa shape index (κ3) is 2.55. The van der Waals surface area contributed by atoms with E-state index in [0.29, 0.717) is 5.56 Å². The molecule has 0 aliphatic rings. The summed E-state index contributed by atoms with van der Waals surface area (Å²) in [6.45, 7) is 4.08. The van der Waals surface area contributed by atoms with E-state index in [1.807, 2.05) is 6.92 Å². The second kappa shape index (κ2) is 4.89. The first kappa shape index (κ1) is 11.7. The minimum atomic E-state index is -0.450. The van der Waals surface area contributed by atoms with E-state index in [-0.39, 0.29) is 5.92 Å². The molecule has 14 heavy (non-hydrogen) atoms. The van der Waals surface area contributed by atoms with Gasteiger partial charge in [-0.25, -0.2) is 0 Å². The zero-order valence-corrected chi connectivity index (χ0v) is 10.4. The molecule has 0 aliphatic carbocycles. The molecule has 0 aromatic carbocycles. The van der Waals surface area contributed by atoms with Crippen LogP contribution >= 0.6 is 27.5 Å². The molecule has 0 aliphatic heterocycles. The van der Waals surface area contributed by atoms with E-state index in [9.17, 15) is 4.79 Å². The van der Waals surface area contributed by atoms with Gasteiger partial charge >= 0.3 is 0 Å². The summed E-state index contributed by atoms with van der Waals surface area (Å²) in [6.07, 6.45) is 2.62. The molecule has 0 saturated carbocycles. The van der Waals surface area contributed by atoms with Crippen molar-refractivity contribution in [3.8, 4) is 0 Å². The number of nitrogens with zero attached hydrogens (tertiary/aromatic N) is 1. The van der Waals surface area contributed by atoms with Crippen molar-refractivity contribution >= 4 is 32.8 Å². The van der Waals surface area contributed by atoms with Gasteiger partial charge in [0.25, 0.3) is 5.24 Å². The SMILES string of the molecule is CCC(C)c1ncc(Br)cc1C(=O)Cl. The number of hydrogen-bond donors (Lipinski definition) is 0. The van der Waals surface area contributed by atoms with Crippen molar-refractivity contribution in [2.24, 2.45) is 0 Å². The van der Waals surface area contributed by atoms with Crippen molar-refractivity contribution in [2.45, 2.75) is 26.2 Å². The number of carbonyl (C=O) groups excluding carboxylic acids is 1. The smallest absolute Gasteiger partial charge is 0.254 e. The molecule has 4 heteroatoms. The zero-order valence-electron chi connectivity index (χ0n) is 8.05. The Bertz CT molecular complexity index is 354. The molecule has 1 heterocycles. The molecule has 0 spiro atoms. The summed E-state index contributed by atoms with van der Waals surface area (Å²) in [5.41, 5.74) is 1.27. The van der Waals surface area contributed by atoms with Crippen LogP contribution in [0.2, 0.25) is 0 Å². The molecule has 0 amide bonds. The molecular formula is C10H11BrClNO. The monoisotopic (exact) mass is 275 g/mol. The Morgan fingerprint density at radius 1 is 1.71 bits per heavy atom. The van der Waals surface area contributed by atoms with E-state index in [1.165, 1.54) is 0 Å². The van der Waals surface area contributed by atoms with Crippen molar-refractivity contribution < 1.29 is 4.79 Å². The fourth-order valence-corrected chi connectivity index (χ4v) is 1.68. The lowest BCUT2D eigenvalue weighted by Crippen LogP contribution is -2.04. The maximum atomic E-state index is 11.1. The molecule has 1 aromatic rings. The predicted molar refractivity (Wildman–Crippen MR) is 60.8 cm³/mol. The van der Waals surface area contributed by atoms with Crippen molar-refractivity contribution in [2.75, 3.05) is 0 Å². The lowest BCUT2D eigenvalue weighted by atomic mass is 10.0. The van der Waals surface area contributed by atoms with Crippen molar-refractivity contribution in [3.05, 3.63) is 28.0 Å². The van der Waals surface area contributed by atoms with Gasteiger partial charge in [0.2, 0.25) is 0 Å². The molecule has 2 nitrogen and oxygen atoms in total. The van der Waals surface area contributed by atoms with Crippen LogP contribution < -0.4 is 0 Å². The minimum absolute atomic E-state index is 0.251. The van der Waals surface area contributed by atoms with E-state index in [0.717, 1.165) is 16.6 Å². The summed E-state index contributed by atoms with van der Waals surface area (Å²) in [7, 11) is 0. The van der Waals surface area contributed by atoms with Crippen LogP contribution in [0.3, 0.4) is 0 Å². The van der Waals surface area contributed by atoms with Gasteiger partial charge in [-0.05, 0) is 45.9 Å². The Morgan fingerprint density at radius 3 is 2.86 bits per heavy atom. The lowest BCUT2D eigenvalue weighted by Gasteiger charge is -2.11. The largest absolute Gasteiger partial charge is 0.276 e. The van der Waals surface area contributed by atoms with Gasteiger partial charge in [0, 0.05) is 10.7 Å². The molecule has 1 aromatic heterocycles. The molecule has 76 valence electrons. The van der Waals surface area contributed by atoms with Crippen molar-refractivity contribution in [1.82, 2.24) is 4.98 Å². The van der Waals surface area contributed by atoms with Gasteiger partial charge in [-0.3, -0.25) is 9.78 Å². The number of aromatic nitrogens is 1. The van der Waals surface area contributed by atoms with Gasteiger partial charge in [0.1, 0.15) is 0 Å². The summed E-state index contributed by atoms with van der Waals surface area (Å²) >= 11 is 8.74. The third-order valence-electron chi connectivity index (χ3n) is 2.18. The van der Waals surface area contributed by atoms with Gasteiger partial charge in [-0.15, -0.1) is 0 Å². The van der Waals surface area contributed by atoms with E-state index in [1.54, 1.807) is 12.3 Å². The Hall–Kier alpha value is -0.410. The molecule has 1 rings (SSSR count). The topological polar surface area (TPSA) is 30.0 Å². The highest BCUT2D eigenvalue weighted by Gasteiger charge is 2.15. The third-order valence-corrected chi connectivity index (χ3v) is 2.81. The van der Waals surface area contributed by atoms with Crippen LogP contribution in [0.25, 0.3) is 0 Å². The summed E-state index contributed by atoms with van der Waals surface area (Å²) in [5.74, 6) is 0.251. The van der Waals surface area contributed by atoms with E-state index in [4.69, 9.17) is 11.6 Å². The summed E-state index contributed by atoms with van der Waals surface area (Å²) in [4.78, 5) is 15.4. The highest BCUT2D eigenvalue weighted by atomic mass is 79.9. The molecule has 0 bridgehead atoms. The Morgan fingerprint density at radius 2 is 2.36 bits per heavy atom. The van der Waals surface area contributed by atoms with Crippen LogP contribution in [0.5, 0.6) is 0 Å². The molecular weight excluding hydrogens is 265 g/mol. The molecule has 0 N–H and O–H groups in total. The highest BCUT2D eigenvalue weighted by Crippen LogP contribution is 2.24. The predicted octanol–water partition coefficient (Wildman–Crippen LogP) is 3.74. The second-order valence-corrected chi connectivity index (χ2v) is 4.43. The number of carbonyl (C=O) groups is 1. The molecule has 0 fully saturated rings. The van der Waals surface area contributed by atoms with Crippen LogP contribution in [-0.4, -0.2) is 10.2 Å². The quantitative estimate of drug-likeness (QED) is 0.787. The fourth-order valence-electron chi connectivity index (χ4n) is 1.19. The molecule has 1 unspecified atom stereocenters. The van der Waals surface area contributed by atoms with E-state index >= 15 is 0 Å². The van der Waals surface area contributed by atoms with Crippen LogP contribution in [0.15, 0.2) is 16.7 Å². The number of pyridine rings is 1. The van der Waals surface area contributed by atoms with E-state index < -0.39 is 5.24 Å². The number of rotatable bonds is 3. The molecule has 0 radical (unpaired) electrons. The highest BCUT2D eigenvalue weighted by molar-refractivity contribution is 9.10. The molecule has 1 atom stereocenters. The maximum Gasteiger partial charge on any atom is 0.254 e. The van der Waals surface area contributed by atoms with Gasteiger partial charge in [-0.1, -0.05) is 13.8 Å². The number of hydrogen-bond acceptors (Lipinski definition) is 2. The normalized spacial score (nSPS) is 12.6. The molecule has 0 saturated heterocycles. The first-order valence-corrected chi connectivity index (χ1v) is 5.58. The minimum Gasteiger partial charge on any atom is -0.276 e. The zero-order chi connectivity index (χ0) is 10.7. The summed E-state index contributed by atoms with van der Waals surface area (Å²) < 4.78 is 0.772. The van der Waals surface area contributed by atoms with Gasteiger partial charge < -0.3 is 0 Å². The standard InChI is InChI=1S/C10H11BrClNO/c1-3-6(2)9-8(10(12)14)4-7(11)5-13-9/h4-6H,3H2,1-2H3. The van der Waals surface area contributed by atoms with E-state index in [2.05, 4.69) is 27.8 Å². The fraction of sp³-hybridized carbons (Fsp3) is 0.400. The maximum absolute atomic E-state index is 11.1. The summed E-state index contributed by atoms with van der Waals surface area (Å²) in [5, 5.41) is -0.450. The van der Waals surface area contributed by atoms with Crippen molar-refractivity contribution in [1.29, 1.82) is 0 Å². The van der Waals surface area contributed by atoms with Gasteiger partial charge in [0.15, 0.2) is 0 Å². The van der Waals surface area contributed by atoms with Crippen LogP contribution in [0, 0.1) is 0 Å². The Balaban J connectivity index is 3.21. The Kier molecular flexibility index (Phi) is 4.08. The van der Waals surface area contributed by atoms with Crippen molar-refractivity contribution in [3.63, 3.8) is 0 Å². The first-order chi connectivity index (χ1) is 6.56. The average Bonchev–Trinajstić information content (AvgIpc) is 2.16. The van der Waals surface area contributed by atoms with Crippen LogP contribution in [-0.2, 0) is 0 Å². The average molecular weight is 277 g/mol. The van der Waals surface area contributed by atoms with Crippen LogP contribution in [0.1, 0.15) is 42.2 Å². The van der Waals surface area contributed by atoms with Gasteiger partial charge in [-0.2, -0.15) is 0 Å². The lowest BCUT2D eigenvalue weighted by molar-refractivity contribution is 0.107. The van der Waals surface area contributed by atoms with Gasteiger partial charge in [0.05, 0.1) is 11.3 Å². The van der Waals surface area contributed by atoms with Crippen LogP contribution in [0.4, 0.5) is 0 Å². The number of halogens is 2.